The van der Waals surface area contributed by atoms with Gasteiger partial charge >= 0.3 is 13.8 Å². The Kier molecular flexibility index (Phi) is 12.0. The minimum absolute atomic E-state index is 0.0167. The molecule has 2 atom stereocenters. The minimum Gasteiger partial charge on any atom is -0.480 e. The molecule has 1 unspecified atom stereocenters. The number of aryl methyl sites for hydroxylation is 1. The Morgan fingerprint density at radius 3 is 2.26 bits per heavy atom. The van der Waals surface area contributed by atoms with Gasteiger partial charge in [-0.05, 0) is 38.2 Å². The lowest BCUT2D eigenvalue weighted by Gasteiger charge is -2.21. The minimum atomic E-state index is -4.87. The zero-order valence-electron chi connectivity index (χ0n) is 17.5. The van der Waals surface area contributed by atoms with Crippen LogP contribution in [0.2, 0.25) is 0 Å². The molecule has 0 saturated heterocycles. The van der Waals surface area contributed by atoms with Gasteiger partial charge in [0.05, 0.1) is 6.10 Å². The number of amides is 2. The number of phosphoric acid groups is 1. The van der Waals surface area contributed by atoms with Crippen LogP contribution in [0.4, 0.5) is 0 Å². The van der Waals surface area contributed by atoms with E-state index in [4.69, 9.17) is 14.9 Å². The number of hydrogen-bond donors (Lipinski definition) is 5. The van der Waals surface area contributed by atoms with E-state index >= 15 is 0 Å². The quantitative estimate of drug-likeness (QED) is 0.196. The van der Waals surface area contributed by atoms with Gasteiger partial charge in [0.15, 0.2) is 6.04 Å². The molecule has 1 aromatic rings. The predicted octanol–water partition coefficient (Wildman–Crippen LogP) is 1.75. The van der Waals surface area contributed by atoms with Crippen LogP contribution in [0.15, 0.2) is 30.3 Å². The third kappa shape index (κ3) is 12.9. The van der Waals surface area contributed by atoms with Gasteiger partial charge < -0.3 is 25.5 Å². The summed E-state index contributed by atoms with van der Waals surface area (Å²) in [5, 5.41) is 14.2. The average Bonchev–Trinajstić information content (AvgIpc) is 2.68. The molecule has 10 nitrogen and oxygen atoms in total. The first-order valence-corrected chi connectivity index (χ1v) is 11.7. The van der Waals surface area contributed by atoms with Crippen LogP contribution < -0.4 is 10.6 Å². The van der Waals surface area contributed by atoms with E-state index < -0.39 is 31.8 Å². The standard InChI is InChI=1S/C20H31N2O8P/c1-15(30-31(27,28)29)19(20(25)26)22-18(24)12-6-3-7-14-21-17(23)13-8-11-16-9-4-2-5-10-16/h2,4-5,9-10,15,19H,3,6-8,11-14H2,1H3,(H,21,23)(H,22,24)(H,25,26)(H2,27,28,29)/t15?,19-/m0/s1. The van der Waals surface area contributed by atoms with Crippen molar-refractivity contribution < 1.29 is 38.4 Å². The summed E-state index contributed by atoms with van der Waals surface area (Å²) in [4.78, 5) is 52.5. The van der Waals surface area contributed by atoms with Gasteiger partial charge in [0.1, 0.15) is 0 Å². The Morgan fingerprint density at radius 2 is 1.65 bits per heavy atom. The van der Waals surface area contributed by atoms with Gasteiger partial charge in [-0.15, -0.1) is 0 Å². The number of carboxylic acid groups (broad SMARTS) is 1. The molecule has 5 N–H and O–H groups in total. The first kappa shape index (κ1) is 26.8. The van der Waals surface area contributed by atoms with E-state index in [1.54, 1.807) is 0 Å². The second-order valence-electron chi connectivity index (χ2n) is 7.18. The van der Waals surface area contributed by atoms with Gasteiger partial charge in [-0.1, -0.05) is 36.8 Å². The van der Waals surface area contributed by atoms with Crippen molar-refractivity contribution >= 4 is 25.6 Å². The summed E-state index contributed by atoms with van der Waals surface area (Å²) in [5.41, 5.74) is 1.20. The molecule has 11 heteroatoms. The molecule has 1 rings (SSSR count). The number of carbonyl (C=O) groups excluding carboxylic acids is 2. The van der Waals surface area contributed by atoms with Crippen LogP contribution in [0, 0.1) is 0 Å². The van der Waals surface area contributed by atoms with Crippen molar-refractivity contribution in [2.45, 2.75) is 64.0 Å². The van der Waals surface area contributed by atoms with E-state index in [1.165, 1.54) is 5.56 Å². The van der Waals surface area contributed by atoms with Crippen LogP contribution in [0.5, 0.6) is 0 Å². The summed E-state index contributed by atoms with van der Waals surface area (Å²) < 4.78 is 15.2. The fourth-order valence-corrected chi connectivity index (χ4v) is 3.46. The molecule has 0 heterocycles. The summed E-state index contributed by atoms with van der Waals surface area (Å²) in [6, 6.07) is 8.36. The number of aliphatic carboxylic acids is 1. The van der Waals surface area contributed by atoms with E-state index in [0.29, 0.717) is 32.2 Å². The van der Waals surface area contributed by atoms with Crippen molar-refractivity contribution in [1.29, 1.82) is 0 Å². The monoisotopic (exact) mass is 458 g/mol. The SMILES string of the molecule is CC(OP(=O)(O)O)[C@H](NC(=O)CCCCCNC(=O)CCCc1ccccc1)C(=O)O. The van der Waals surface area contributed by atoms with Crippen LogP contribution >= 0.6 is 7.82 Å². The second kappa shape index (κ2) is 13.9. The fraction of sp³-hybridized carbons (Fsp3) is 0.550. The highest BCUT2D eigenvalue weighted by Crippen LogP contribution is 2.38. The van der Waals surface area contributed by atoms with Gasteiger partial charge in [0.2, 0.25) is 11.8 Å². The molecule has 31 heavy (non-hydrogen) atoms. The molecule has 1 aromatic carbocycles. The maximum Gasteiger partial charge on any atom is 0.469 e. The van der Waals surface area contributed by atoms with Crippen LogP contribution in [0.1, 0.15) is 51.0 Å². The van der Waals surface area contributed by atoms with Crippen LogP contribution in [0.3, 0.4) is 0 Å². The van der Waals surface area contributed by atoms with Crippen molar-refractivity contribution in [2.24, 2.45) is 0 Å². The maximum atomic E-state index is 11.9. The van der Waals surface area contributed by atoms with Crippen molar-refractivity contribution in [3.8, 4) is 0 Å². The summed E-state index contributed by atoms with van der Waals surface area (Å²) in [5.74, 6) is -2.03. The smallest absolute Gasteiger partial charge is 0.469 e. The molecule has 0 aliphatic rings. The molecule has 0 aliphatic carbocycles. The molecule has 0 fully saturated rings. The second-order valence-corrected chi connectivity index (χ2v) is 8.38. The Hall–Kier alpha value is -2.26. The molecule has 2 amide bonds. The van der Waals surface area contributed by atoms with Crippen molar-refractivity contribution in [3.05, 3.63) is 35.9 Å². The molecule has 0 aromatic heterocycles. The van der Waals surface area contributed by atoms with Crippen LogP contribution in [-0.2, 0) is 29.9 Å². The average molecular weight is 458 g/mol. The number of phosphoric ester groups is 1. The number of benzene rings is 1. The highest BCUT2D eigenvalue weighted by atomic mass is 31.2. The summed E-state index contributed by atoms with van der Waals surface area (Å²) in [7, 11) is -4.87. The Bertz CT molecular complexity index is 753. The highest BCUT2D eigenvalue weighted by molar-refractivity contribution is 7.46. The normalized spacial score (nSPS) is 13.3. The molecule has 0 spiro atoms. The highest BCUT2D eigenvalue weighted by Gasteiger charge is 2.32. The molecule has 0 saturated carbocycles. The predicted molar refractivity (Wildman–Crippen MR) is 113 cm³/mol. The van der Waals surface area contributed by atoms with E-state index in [9.17, 15) is 18.9 Å². The number of carbonyl (C=O) groups is 3. The topological polar surface area (TPSA) is 162 Å². The number of hydrogen-bond acceptors (Lipinski definition) is 5. The summed E-state index contributed by atoms with van der Waals surface area (Å²) >= 11 is 0. The number of carboxylic acids is 1. The van der Waals surface area contributed by atoms with E-state index in [-0.39, 0.29) is 12.3 Å². The van der Waals surface area contributed by atoms with Crippen molar-refractivity contribution in [3.63, 3.8) is 0 Å². The van der Waals surface area contributed by atoms with Gasteiger partial charge in [-0.3, -0.25) is 14.1 Å². The number of rotatable bonds is 15. The lowest BCUT2D eigenvalue weighted by Crippen LogP contribution is -2.48. The largest absolute Gasteiger partial charge is 0.480 e. The number of unbranched alkanes of at least 4 members (excludes halogenated alkanes) is 2. The molecule has 174 valence electrons. The summed E-state index contributed by atoms with van der Waals surface area (Å²) in [6.45, 7) is 1.65. The lowest BCUT2D eigenvalue weighted by molar-refractivity contribution is -0.144. The lowest BCUT2D eigenvalue weighted by atomic mass is 10.1. The zero-order valence-corrected chi connectivity index (χ0v) is 18.4. The third-order valence-electron chi connectivity index (χ3n) is 4.47. The fourth-order valence-electron chi connectivity index (χ4n) is 2.90. The van der Waals surface area contributed by atoms with Crippen LogP contribution in [-0.4, -0.2) is 51.4 Å². The molecular formula is C20H31N2O8P. The Morgan fingerprint density at radius 1 is 1.00 bits per heavy atom. The van der Waals surface area contributed by atoms with Gasteiger partial charge in [0.25, 0.3) is 0 Å². The maximum absolute atomic E-state index is 11.9. The van der Waals surface area contributed by atoms with E-state index in [1.807, 2.05) is 30.3 Å². The van der Waals surface area contributed by atoms with Gasteiger partial charge in [-0.25, -0.2) is 9.36 Å². The van der Waals surface area contributed by atoms with E-state index in [0.717, 1.165) is 19.8 Å². The molecule has 0 bridgehead atoms. The molecular weight excluding hydrogens is 427 g/mol. The molecule has 0 aliphatic heterocycles. The third-order valence-corrected chi connectivity index (χ3v) is 5.08. The van der Waals surface area contributed by atoms with Crippen molar-refractivity contribution in [2.75, 3.05) is 6.54 Å². The summed E-state index contributed by atoms with van der Waals surface area (Å²) in [6.07, 6.45) is 2.53. The van der Waals surface area contributed by atoms with Gasteiger partial charge in [-0.2, -0.15) is 0 Å². The zero-order chi connectivity index (χ0) is 23.3. The van der Waals surface area contributed by atoms with Crippen LogP contribution in [0.25, 0.3) is 0 Å². The Balaban J connectivity index is 2.15. The first-order valence-electron chi connectivity index (χ1n) is 10.1. The van der Waals surface area contributed by atoms with Crippen molar-refractivity contribution in [1.82, 2.24) is 10.6 Å². The van der Waals surface area contributed by atoms with E-state index in [2.05, 4.69) is 15.2 Å². The van der Waals surface area contributed by atoms with Gasteiger partial charge in [0, 0.05) is 19.4 Å². The Labute approximate surface area is 181 Å². The molecule has 0 radical (unpaired) electrons. The first-order chi connectivity index (χ1) is 14.6. The number of nitrogens with one attached hydrogen (secondary N) is 2.